The molecule has 140 valence electrons. The van der Waals surface area contributed by atoms with Crippen molar-refractivity contribution >= 4 is 22.8 Å². The lowest BCUT2D eigenvalue weighted by Gasteiger charge is -2.20. The molecule has 0 bridgehead atoms. The number of carbonyl (C=O) groups excluding carboxylic acids is 2. The Balaban J connectivity index is 2.34. The van der Waals surface area contributed by atoms with Gasteiger partial charge in [-0.25, -0.2) is 9.47 Å². The lowest BCUT2D eigenvalue weighted by Crippen LogP contribution is -2.35. The number of hydrogen-bond acceptors (Lipinski definition) is 7. The topological polar surface area (TPSA) is 99.5 Å². The average molecular weight is 361 g/mol. The van der Waals surface area contributed by atoms with Gasteiger partial charge in [-0.05, 0) is 39.8 Å². The summed E-state index contributed by atoms with van der Waals surface area (Å²) in [6.07, 6.45) is 1.58. The second-order valence-electron chi connectivity index (χ2n) is 6.74. The van der Waals surface area contributed by atoms with Crippen molar-refractivity contribution in [2.24, 2.45) is 0 Å². The number of esters is 2. The summed E-state index contributed by atoms with van der Waals surface area (Å²) in [5, 5.41) is 0.281. The van der Waals surface area contributed by atoms with Gasteiger partial charge in [0.1, 0.15) is 11.2 Å². The van der Waals surface area contributed by atoms with Gasteiger partial charge in [0.05, 0.1) is 30.1 Å². The van der Waals surface area contributed by atoms with Crippen LogP contribution in [-0.2, 0) is 14.3 Å². The summed E-state index contributed by atoms with van der Waals surface area (Å²) in [4.78, 5) is 40.8. The third-order valence-electron chi connectivity index (χ3n) is 3.58. The Labute approximate surface area is 151 Å². The number of rotatable bonds is 5. The number of pyridine rings is 2. The van der Waals surface area contributed by atoms with Gasteiger partial charge in [0, 0.05) is 12.7 Å². The minimum Gasteiger partial charge on any atom is -0.465 e. The molecule has 2 aromatic heterocycles. The Morgan fingerprint density at radius 3 is 2.62 bits per heavy atom. The van der Waals surface area contributed by atoms with Gasteiger partial charge in [0.2, 0.25) is 0 Å². The zero-order valence-corrected chi connectivity index (χ0v) is 15.6. The second kappa shape index (κ2) is 7.55. The molecule has 0 saturated carbocycles. The lowest BCUT2D eigenvalue weighted by atomic mass is 10.1. The molecule has 0 saturated heterocycles. The monoisotopic (exact) mass is 361 g/mol. The number of nitrogens with one attached hydrogen (secondary N) is 1. The molecule has 0 amide bonds. The summed E-state index contributed by atoms with van der Waals surface area (Å²) in [5.74, 6) is -0.972. The van der Waals surface area contributed by atoms with Crippen molar-refractivity contribution in [3.63, 3.8) is 0 Å². The van der Waals surface area contributed by atoms with Crippen LogP contribution in [0.1, 0.15) is 43.2 Å². The van der Waals surface area contributed by atoms with E-state index in [-0.39, 0.29) is 41.0 Å². The van der Waals surface area contributed by atoms with Crippen LogP contribution in [0.4, 0.5) is 0 Å². The predicted octanol–water partition coefficient (Wildman–Crippen LogP) is 1.77. The highest BCUT2D eigenvalue weighted by Gasteiger charge is 2.21. The number of fused-ring (bicyclic) bond motifs is 1. The van der Waals surface area contributed by atoms with E-state index in [1.807, 2.05) is 0 Å². The quantitative estimate of drug-likeness (QED) is 0.810. The van der Waals surface area contributed by atoms with E-state index in [0.29, 0.717) is 5.69 Å². The standard InChI is InChI=1S/C18H23N3O5/c1-11-14(17(24)25-5)15-12(7-6-9-19-15)16(23)21(11)20-10-8-13(22)26-18(2,3)4/h6-7,9,20H,8,10H2,1-5H3. The first-order valence-corrected chi connectivity index (χ1v) is 8.20. The van der Waals surface area contributed by atoms with Crippen molar-refractivity contribution in [1.82, 2.24) is 9.66 Å². The Hall–Kier alpha value is -2.90. The van der Waals surface area contributed by atoms with Crippen LogP contribution in [0.3, 0.4) is 0 Å². The zero-order valence-electron chi connectivity index (χ0n) is 15.6. The van der Waals surface area contributed by atoms with Gasteiger partial charge in [-0.2, -0.15) is 0 Å². The van der Waals surface area contributed by atoms with Gasteiger partial charge in [-0.1, -0.05) is 0 Å². The van der Waals surface area contributed by atoms with E-state index in [2.05, 4.69) is 10.4 Å². The van der Waals surface area contributed by atoms with Crippen LogP contribution in [0, 0.1) is 6.92 Å². The Morgan fingerprint density at radius 2 is 2.00 bits per heavy atom. The summed E-state index contributed by atoms with van der Waals surface area (Å²) in [6.45, 7) is 7.13. The Bertz CT molecular complexity index is 896. The van der Waals surface area contributed by atoms with E-state index in [1.54, 1.807) is 39.8 Å². The number of hydrogen-bond donors (Lipinski definition) is 1. The van der Waals surface area contributed by atoms with E-state index in [0.717, 1.165) is 0 Å². The fourth-order valence-corrected chi connectivity index (χ4v) is 2.53. The SMILES string of the molecule is COC(=O)c1c(C)n(NCCC(=O)OC(C)(C)C)c(=O)c2cccnc12. The normalized spacial score (nSPS) is 11.3. The molecule has 26 heavy (non-hydrogen) atoms. The maximum atomic E-state index is 12.7. The molecule has 2 rings (SSSR count). The van der Waals surface area contributed by atoms with E-state index in [9.17, 15) is 14.4 Å². The highest BCUT2D eigenvalue weighted by Crippen LogP contribution is 2.17. The molecule has 2 heterocycles. The van der Waals surface area contributed by atoms with Gasteiger partial charge in [0.15, 0.2) is 0 Å². The van der Waals surface area contributed by atoms with E-state index >= 15 is 0 Å². The summed E-state index contributed by atoms with van der Waals surface area (Å²) in [6, 6.07) is 3.20. The number of nitrogens with zero attached hydrogens (tertiary/aromatic N) is 2. The van der Waals surface area contributed by atoms with Crippen molar-refractivity contribution in [1.29, 1.82) is 0 Å². The molecule has 0 unspecified atom stereocenters. The van der Waals surface area contributed by atoms with Crippen LogP contribution in [0.5, 0.6) is 0 Å². The average Bonchev–Trinajstić information content (AvgIpc) is 2.56. The first kappa shape index (κ1) is 19.4. The van der Waals surface area contributed by atoms with Crippen molar-refractivity contribution in [3.8, 4) is 0 Å². The van der Waals surface area contributed by atoms with E-state index in [1.165, 1.54) is 18.0 Å². The maximum Gasteiger partial charge on any atom is 0.341 e. The number of methoxy groups -OCH3 is 1. The summed E-state index contributed by atoms with van der Waals surface area (Å²) in [7, 11) is 1.27. The smallest absolute Gasteiger partial charge is 0.341 e. The minimum absolute atomic E-state index is 0.0712. The van der Waals surface area contributed by atoms with Crippen LogP contribution in [0.15, 0.2) is 23.1 Å². The van der Waals surface area contributed by atoms with Crippen molar-refractivity contribution in [2.45, 2.75) is 39.7 Å². The Morgan fingerprint density at radius 1 is 1.31 bits per heavy atom. The van der Waals surface area contributed by atoms with Gasteiger partial charge in [-0.15, -0.1) is 0 Å². The van der Waals surface area contributed by atoms with E-state index in [4.69, 9.17) is 9.47 Å². The van der Waals surface area contributed by atoms with Crippen LogP contribution in [0.2, 0.25) is 0 Å². The summed E-state index contributed by atoms with van der Waals surface area (Å²) >= 11 is 0. The number of ether oxygens (including phenoxy) is 2. The molecular weight excluding hydrogens is 338 g/mol. The second-order valence-corrected chi connectivity index (χ2v) is 6.74. The van der Waals surface area contributed by atoms with Crippen molar-refractivity contribution in [2.75, 3.05) is 19.1 Å². The molecule has 0 aliphatic rings. The minimum atomic E-state index is -0.589. The largest absolute Gasteiger partial charge is 0.465 e. The van der Waals surface area contributed by atoms with Gasteiger partial charge in [0.25, 0.3) is 5.56 Å². The Kier molecular flexibility index (Phi) is 5.64. The van der Waals surface area contributed by atoms with Gasteiger partial charge in [-0.3, -0.25) is 14.6 Å². The van der Waals surface area contributed by atoms with E-state index < -0.39 is 11.6 Å². The highest BCUT2D eigenvalue weighted by atomic mass is 16.6. The fourth-order valence-electron chi connectivity index (χ4n) is 2.53. The first-order chi connectivity index (χ1) is 12.2. The van der Waals surface area contributed by atoms with Gasteiger partial charge >= 0.3 is 11.9 Å². The van der Waals surface area contributed by atoms with Crippen molar-refractivity contribution < 1.29 is 19.1 Å². The van der Waals surface area contributed by atoms with Crippen LogP contribution in [-0.4, -0.2) is 40.9 Å². The maximum absolute atomic E-state index is 12.7. The molecule has 8 heteroatoms. The number of aromatic nitrogens is 2. The lowest BCUT2D eigenvalue weighted by molar-refractivity contribution is -0.154. The molecule has 0 spiro atoms. The first-order valence-electron chi connectivity index (χ1n) is 8.20. The molecule has 0 fully saturated rings. The number of carbonyl (C=O) groups is 2. The molecule has 0 aliphatic carbocycles. The molecule has 0 atom stereocenters. The third-order valence-corrected chi connectivity index (χ3v) is 3.58. The summed E-state index contributed by atoms with van der Waals surface area (Å²) in [5.41, 5.74) is 2.79. The predicted molar refractivity (Wildman–Crippen MR) is 96.8 cm³/mol. The van der Waals surface area contributed by atoms with Crippen molar-refractivity contribution in [3.05, 3.63) is 39.9 Å². The van der Waals surface area contributed by atoms with Crippen LogP contribution in [0.25, 0.3) is 10.9 Å². The third kappa shape index (κ3) is 4.19. The molecule has 2 aromatic rings. The molecular formula is C18H23N3O5. The molecule has 0 radical (unpaired) electrons. The highest BCUT2D eigenvalue weighted by molar-refractivity contribution is 6.03. The van der Waals surface area contributed by atoms with Gasteiger partial charge < -0.3 is 14.9 Å². The summed E-state index contributed by atoms with van der Waals surface area (Å²) < 4.78 is 11.3. The van der Waals surface area contributed by atoms with Crippen LogP contribution < -0.4 is 11.0 Å². The zero-order chi connectivity index (χ0) is 19.5. The van der Waals surface area contributed by atoms with Crippen LogP contribution >= 0.6 is 0 Å². The molecule has 0 aromatic carbocycles. The fraction of sp³-hybridized carbons (Fsp3) is 0.444. The molecule has 0 aliphatic heterocycles. The molecule has 1 N–H and O–H groups in total. The molecule has 8 nitrogen and oxygen atoms in total.